The summed E-state index contributed by atoms with van der Waals surface area (Å²) >= 11 is 5.78. The number of carbonyl (C=O) groups is 1. The lowest BCUT2D eigenvalue weighted by Crippen LogP contribution is -2.24. The highest BCUT2D eigenvalue weighted by molar-refractivity contribution is 7.92. The summed E-state index contributed by atoms with van der Waals surface area (Å²) in [6.45, 7) is 0. The Labute approximate surface area is 184 Å². The highest BCUT2D eigenvalue weighted by Gasteiger charge is 2.19. The van der Waals surface area contributed by atoms with Crippen LogP contribution in [0.2, 0.25) is 5.02 Å². The summed E-state index contributed by atoms with van der Waals surface area (Å²) in [6, 6.07) is 13.1. The topological polar surface area (TPSA) is 135 Å². The summed E-state index contributed by atoms with van der Waals surface area (Å²) < 4.78 is 51.4. The summed E-state index contributed by atoms with van der Waals surface area (Å²) in [6.07, 6.45) is 2.79. The van der Waals surface area contributed by atoms with Gasteiger partial charge in [0.25, 0.3) is 10.0 Å². The monoisotopic (exact) mass is 480 g/mol. The highest BCUT2D eigenvalue weighted by atomic mass is 35.5. The van der Waals surface area contributed by atoms with Gasteiger partial charge in [-0.15, -0.1) is 0 Å². The molecule has 3 aromatic rings. The van der Waals surface area contributed by atoms with Gasteiger partial charge in [-0.25, -0.2) is 31.5 Å². The lowest BCUT2D eigenvalue weighted by atomic mass is 10.2. The first-order chi connectivity index (χ1) is 14.6. The molecule has 12 heteroatoms. The van der Waals surface area contributed by atoms with Crippen LogP contribution in [0.1, 0.15) is 5.56 Å². The maximum atomic E-state index is 12.4. The van der Waals surface area contributed by atoms with Crippen molar-refractivity contribution >= 4 is 49.0 Å². The number of sulfonamides is 1. The number of nitrogens with one attached hydrogen (secondary N) is 2. The molecule has 0 spiro atoms. The number of anilines is 2. The first-order valence-electron chi connectivity index (χ1n) is 8.78. The van der Waals surface area contributed by atoms with Crippen LogP contribution >= 0.6 is 11.6 Å². The van der Waals surface area contributed by atoms with E-state index in [9.17, 15) is 21.6 Å². The summed E-state index contributed by atoms with van der Waals surface area (Å²) in [4.78, 5) is 19.6. The molecule has 0 radical (unpaired) electrons. The lowest BCUT2D eigenvalue weighted by molar-refractivity contribution is -0.113. The number of carbonyl (C=O) groups excluding carboxylic acids is 1. The standard InChI is InChI=1S/C19H17ClN4O5S2/c20-15-4-2-14(3-5-15)12-30(26,27)13-18(25)23-16-6-8-17(9-7-16)31(28,29)24-19-21-10-1-11-22-19/h1-11H,12-13H2,(H,23,25)(H,21,22,24). The van der Waals surface area contributed by atoms with E-state index in [1.165, 1.54) is 36.7 Å². The molecule has 0 unspecified atom stereocenters. The third-order valence-electron chi connectivity index (χ3n) is 3.89. The molecule has 0 aliphatic heterocycles. The van der Waals surface area contributed by atoms with Crippen LogP contribution in [0, 0.1) is 0 Å². The van der Waals surface area contributed by atoms with E-state index in [4.69, 9.17) is 11.6 Å². The van der Waals surface area contributed by atoms with Gasteiger partial charge in [-0.1, -0.05) is 23.7 Å². The molecule has 9 nitrogen and oxygen atoms in total. The zero-order chi connectivity index (χ0) is 22.5. The van der Waals surface area contributed by atoms with Gasteiger partial charge in [-0.3, -0.25) is 4.79 Å². The van der Waals surface area contributed by atoms with Gasteiger partial charge in [0.15, 0.2) is 9.84 Å². The number of hydrogen-bond acceptors (Lipinski definition) is 7. The third kappa shape index (κ3) is 6.74. The van der Waals surface area contributed by atoms with Crippen LogP contribution in [0.3, 0.4) is 0 Å². The van der Waals surface area contributed by atoms with E-state index in [0.29, 0.717) is 10.6 Å². The van der Waals surface area contributed by atoms with Crippen molar-refractivity contribution in [3.05, 3.63) is 77.6 Å². The molecule has 1 amide bonds. The second kappa shape index (κ2) is 9.41. The van der Waals surface area contributed by atoms with Crippen LogP contribution in [-0.4, -0.2) is 38.5 Å². The fraction of sp³-hybridized carbons (Fsp3) is 0.105. The minimum absolute atomic E-state index is 0.0756. The van der Waals surface area contributed by atoms with E-state index >= 15 is 0 Å². The SMILES string of the molecule is O=C(CS(=O)(=O)Cc1ccc(Cl)cc1)Nc1ccc(S(=O)(=O)Nc2ncccn2)cc1. The summed E-state index contributed by atoms with van der Waals surface area (Å²) in [7, 11) is -7.63. The van der Waals surface area contributed by atoms with Crippen molar-refractivity contribution in [1.29, 1.82) is 0 Å². The molecule has 0 aliphatic carbocycles. The van der Waals surface area contributed by atoms with E-state index in [0.717, 1.165) is 0 Å². The van der Waals surface area contributed by atoms with E-state index in [1.807, 2.05) is 0 Å². The molecule has 3 rings (SSSR count). The van der Waals surface area contributed by atoms with Gasteiger partial charge >= 0.3 is 0 Å². The Kier molecular flexibility index (Phi) is 6.88. The highest BCUT2D eigenvalue weighted by Crippen LogP contribution is 2.17. The number of amides is 1. The van der Waals surface area contributed by atoms with Crippen molar-refractivity contribution < 1.29 is 21.6 Å². The Hall–Kier alpha value is -3.02. The second-order valence-electron chi connectivity index (χ2n) is 6.41. The Bertz CT molecular complexity index is 1270. The van der Waals surface area contributed by atoms with Gasteiger partial charge in [0.05, 0.1) is 10.6 Å². The number of sulfone groups is 1. The van der Waals surface area contributed by atoms with E-state index < -0.39 is 31.5 Å². The molecule has 2 aromatic carbocycles. The molecule has 0 saturated heterocycles. The van der Waals surface area contributed by atoms with Crippen LogP contribution in [0.5, 0.6) is 0 Å². The molecule has 1 aromatic heterocycles. The first-order valence-corrected chi connectivity index (χ1v) is 12.5. The van der Waals surface area contributed by atoms with Crippen LogP contribution in [0.15, 0.2) is 71.9 Å². The molecule has 0 aliphatic rings. The Morgan fingerprint density at radius 2 is 1.52 bits per heavy atom. The normalized spacial score (nSPS) is 11.6. The molecular formula is C19H17ClN4O5S2. The minimum Gasteiger partial charge on any atom is -0.325 e. The summed E-state index contributed by atoms with van der Waals surface area (Å²) in [5.74, 6) is -1.84. The fourth-order valence-electron chi connectivity index (χ4n) is 2.53. The first kappa shape index (κ1) is 22.7. The fourth-order valence-corrected chi connectivity index (χ4v) is 4.89. The average Bonchev–Trinajstić information content (AvgIpc) is 2.70. The lowest BCUT2D eigenvalue weighted by Gasteiger charge is -2.09. The van der Waals surface area contributed by atoms with E-state index in [-0.39, 0.29) is 22.3 Å². The molecular weight excluding hydrogens is 464 g/mol. The molecule has 2 N–H and O–H groups in total. The van der Waals surface area contributed by atoms with Crippen molar-refractivity contribution in [2.75, 3.05) is 15.8 Å². The molecule has 162 valence electrons. The maximum absolute atomic E-state index is 12.4. The molecule has 31 heavy (non-hydrogen) atoms. The number of benzene rings is 2. The average molecular weight is 481 g/mol. The van der Waals surface area contributed by atoms with Gasteiger partial charge < -0.3 is 5.32 Å². The Morgan fingerprint density at radius 1 is 0.903 bits per heavy atom. The van der Waals surface area contributed by atoms with Crippen molar-refractivity contribution in [3.63, 3.8) is 0 Å². The van der Waals surface area contributed by atoms with Gasteiger partial charge in [0.2, 0.25) is 11.9 Å². The van der Waals surface area contributed by atoms with Crippen molar-refractivity contribution in [2.45, 2.75) is 10.6 Å². The third-order valence-corrected chi connectivity index (χ3v) is 6.96. The maximum Gasteiger partial charge on any atom is 0.264 e. The van der Waals surface area contributed by atoms with Gasteiger partial charge in [-0.05, 0) is 48.0 Å². The van der Waals surface area contributed by atoms with Gasteiger partial charge in [0.1, 0.15) is 5.75 Å². The largest absolute Gasteiger partial charge is 0.325 e. The molecule has 0 bridgehead atoms. The number of hydrogen-bond donors (Lipinski definition) is 2. The van der Waals surface area contributed by atoms with Crippen molar-refractivity contribution in [3.8, 4) is 0 Å². The Morgan fingerprint density at radius 3 is 2.13 bits per heavy atom. The Balaban J connectivity index is 1.61. The zero-order valence-corrected chi connectivity index (χ0v) is 18.3. The van der Waals surface area contributed by atoms with Crippen LogP contribution < -0.4 is 10.0 Å². The summed E-state index contributed by atoms with van der Waals surface area (Å²) in [5, 5.41) is 2.92. The smallest absolute Gasteiger partial charge is 0.264 e. The predicted octanol–water partition coefficient (Wildman–Crippen LogP) is 2.48. The summed E-state index contributed by atoms with van der Waals surface area (Å²) in [5.41, 5.74) is 0.767. The second-order valence-corrected chi connectivity index (χ2v) is 10.6. The number of rotatable bonds is 8. The number of nitrogens with zero attached hydrogens (tertiary/aromatic N) is 2. The number of aromatic nitrogens is 2. The van der Waals surface area contributed by atoms with Gasteiger partial charge in [-0.2, -0.15) is 0 Å². The molecule has 0 fully saturated rings. The van der Waals surface area contributed by atoms with Crippen molar-refractivity contribution in [1.82, 2.24) is 9.97 Å². The molecule has 0 atom stereocenters. The predicted molar refractivity (Wildman–Crippen MR) is 117 cm³/mol. The van der Waals surface area contributed by atoms with Crippen molar-refractivity contribution in [2.24, 2.45) is 0 Å². The van der Waals surface area contributed by atoms with Crippen LogP contribution in [0.4, 0.5) is 11.6 Å². The van der Waals surface area contributed by atoms with Crippen LogP contribution in [-0.2, 0) is 30.4 Å². The zero-order valence-electron chi connectivity index (χ0n) is 15.9. The van der Waals surface area contributed by atoms with Crippen LogP contribution in [0.25, 0.3) is 0 Å². The van der Waals surface area contributed by atoms with E-state index in [2.05, 4.69) is 20.0 Å². The quantitative estimate of drug-likeness (QED) is 0.505. The van der Waals surface area contributed by atoms with E-state index in [1.54, 1.807) is 30.3 Å². The molecule has 1 heterocycles. The number of halogens is 1. The van der Waals surface area contributed by atoms with Gasteiger partial charge in [0, 0.05) is 23.1 Å². The molecule has 0 saturated carbocycles. The minimum atomic E-state index is -3.92.